The summed E-state index contributed by atoms with van der Waals surface area (Å²) in [5.41, 5.74) is 0. The fourth-order valence-electron chi connectivity index (χ4n) is 1.73. The normalized spacial score (nSPS) is 19.1. The second-order valence-corrected chi connectivity index (χ2v) is 4.75. The first-order valence-electron chi connectivity index (χ1n) is 5.81. The highest BCUT2D eigenvalue weighted by Crippen LogP contribution is 2.10. The second kappa shape index (κ2) is 6.74. The molecule has 0 aromatic heterocycles. The number of amides is 2. The molecular weight excluding hydrogens is 228 g/mol. The van der Waals surface area contributed by atoms with Crippen molar-refractivity contribution in [1.82, 2.24) is 10.2 Å². The molecule has 1 atom stereocenters. The van der Waals surface area contributed by atoms with Gasteiger partial charge < -0.3 is 10.2 Å². The lowest BCUT2D eigenvalue weighted by molar-refractivity contribution is -0.131. The van der Waals surface area contributed by atoms with Crippen LogP contribution in [0.1, 0.15) is 32.6 Å². The molecule has 1 heterocycles. The SMILES string of the molecule is CC(Cl)C(=O)NCCN1CCCCCC1=O. The zero-order chi connectivity index (χ0) is 12.0. The largest absolute Gasteiger partial charge is 0.353 e. The number of hydrogen-bond donors (Lipinski definition) is 1. The van der Waals surface area contributed by atoms with E-state index in [1.807, 2.05) is 4.90 Å². The van der Waals surface area contributed by atoms with Crippen LogP contribution in [-0.4, -0.2) is 41.7 Å². The van der Waals surface area contributed by atoms with Crippen LogP contribution in [0.25, 0.3) is 0 Å². The van der Waals surface area contributed by atoms with E-state index >= 15 is 0 Å². The van der Waals surface area contributed by atoms with Crippen molar-refractivity contribution in [3.63, 3.8) is 0 Å². The smallest absolute Gasteiger partial charge is 0.237 e. The fourth-order valence-corrected chi connectivity index (χ4v) is 1.81. The van der Waals surface area contributed by atoms with Crippen LogP contribution in [0.3, 0.4) is 0 Å². The minimum atomic E-state index is -0.514. The van der Waals surface area contributed by atoms with E-state index in [1.165, 1.54) is 0 Å². The van der Waals surface area contributed by atoms with Gasteiger partial charge in [0.1, 0.15) is 5.38 Å². The van der Waals surface area contributed by atoms with Gasteiger partial charge in [-0.3, -0.25) is 9.59 Å². The first-order valence-corrected chi connectivity index (χ1v) is 6.24. The van der Waals surface area contributed by atoms with Gasteiger partial charge in [-0.2, -0.15) is 0 Å². The van der Waals surface area contributed by atoms with Crippen LogP contribution in [0.4, 0.5) is 0 Å². The Labute approximate surface area is 101 Å². The van der Waals surface area contributed by atoms with Crippen LogP contribution in [0, 0.1) is 0 Å². The zero-order valence-electron chi connectivity index (χ0n) is 9.67. The van der Waals surface area contributed by atoms with Crippen LogP contribution >= 0.6 is 11.6 Å². The minimum absolute atomic E-state index is 0.177. The molecule has 1 aliphatic rings. The number of carbonyl (C=O) groups excluding carboxylic acids is 2. The molecule has 4 nitrogen and oxygen atoms in total. The van der Waals surface area contributed by atoms with Gasteiger partial charge in [-0.25, -0.2) is 0 Å². The van der Waals surface area contributed by atoms with Crippen molar-refractivity contribution in [3.8, 4) is 0 Å². The first-order chi connectivity index (χ1) is 7.61. The molecule has 0 spiro atoms. The van der Waals surface area contributed by atoms with Gasteiger partial charge in [0.05, 0.1) is 0 Å². The summed E-state index contributed by atoms with van der Waals surface area (Å²) in [5.74, 6) is 0.0228. The molecule has 0 aromatic rings. The third-order valence-corrected chi connectivity index (χ3v) is 2.91. The highest BCUT2D eigenvalue weighted by Gasteiger charge is 2.16. The van der Waals surface area contributed by atoms with Crippen molar-refractivity contribution in [2.24, 2.45) is 0 Å². The molecule has 0 aromatic carbocycles. The zero-order valence-corrected chi connectivity index (χ0v) is 10.4. The van der Waals surface area contributed by atoms with Gasteiger partial charge in [-0.15, -0.1) is 11.6 Å². The second-order valence-electron chi connectivity index (χ2n) is 4.10. The summed E-state index contributed by atoms with van der Waals surface area (Å²) < 4.78 is 0. The Balaban J connectivity index is 2.25. The summed E-state index contributed by atoms with van der Waals surface area (Å²) in [6.45, 7) is 3.52. The Kier molecular flexibility index (Phi) is 5.60. The number of nitrogens with zero attached hydrogens (tertiary/aromatic N) is 1. The molecule has 0 aliphatic carbocycles. The average molecular weight is 247 g/mol. The van der Waals surface area contributed by atoms with E-state index in [2.05, 4.69) is 5.32 Å². The lowest BCUT2D eigenvalue weighted by Gasteiger charge is -2.20. The fraction of sp³-hybridized carbons (Fsp3) is 0.818. The molecule has 1 unspecified atom stereocenters. The molecule has 0 saturated carbocycles. The van der Waals surface area contributed by atoms with E-state index in [9.17, 15) is 9.59 Å². The quantitative estimate of drug-likeness (QED) is 0.756. The van der Waals surface area contributed by atoms with Gasteiger partial charge >= 0.3 is 0 Å². The molecule has 92 valence electrons. The highest BCUT2D eigenvalue weighted by molar-refractivity contribution is 6.30. The standard InChI is InChI=1S/C11H19ClN2O2/c1-9(12)11(16)13-6-8-14-7-4-2-3-5-10(14)15/h9H,2-8H2,1H3,(H,13,16). The molecule has 1 aliphatic heterocycles. The number of halogens is 1. The predicted molar refractivity (Wildman–Crippen MR) is 63.4 cm³/mol. The lowest BCUT2D eigenvalue weighted by atomic mass is 10.2. The van der Waals surface area contributed by atoms with Crippen LogP contribution < -0.4 is 5.32 Å². The molecule has 5 heteroatoms. The molecule has 1 N–H and O–H groups in total. The number of rotatable bonds is 4. The summed E-state index contributed by atoms with van der Waals surface area (Å²) in [7, 11) is 0. The summed E-state index contributed by atoms with van der Waals surface area (Å²) in [6, 6.07) is 0. The summed E-state index contributed by atoms with van der Waals surface area (Å²) >= 11 is 5.61. The van der Waals surface area contributed by atoms with Crippen molar-refractivity contribution in [1.29, 1.82) is 0 Å². The number of carbonyl (C=O) groups is 2. The van der Waals surface area contributed by atoms with Crippen molar-refractivity contribution in [3.05, 3.63) is 0 Å². The molecule has 1 rings (SSSR count). The molecule has 1 fully saturated rings. The van der Waals surface area contributed by atoms with Crippen molar-refractivity contribution >= 4 is 23.4 Å². The Morgan fingerprint density at radius 2 is 2.25 bits per heavy atom. The number of nitrogens with one attached hydrogen (secondary N) is 1. The van der Waals surface area contributed by atoms with Gasteiger partial charge in [0.25, 0.3) is 0 Å². The van der Waals surface area contributed by atoms with Gasteiger partial charge in [0, 0.05) is 26.1 Å². The maximum absolute atomic E-state index is 11.6. The molecule has 1 saturated heterocycles. The maximum Gasteiger partial charge on any atom is 0.237 e. The molecule has 0 bridgehead atoms. The molecule has 2 amide bonds. The Morgan fingerprint density at radius 1 is 1.50 bits per heavy atom. The third-order valence-electron chi connectivity index (χ3n) is 2.71. The Hall–Kier alpha value is -0.770. The van der Waals surface area contributed by atoms with Gasteiger partial charge in [-0.05, 0) is 19.8 Å². The monoisotopic (exact) mass is 246 g/mol. The molecule has 16 heavy (non-hydrogen) atoms. The third kappa shape index (κ3) is 4.39. The van der Waals surface area contributed by atoms with E-state index in [1.54, 1.807) is 6.92 Å². The van der Waals surface area contributed by atoms with Gasteiger partial charge in [0.15, 0.2) is 0 Å². The Morgan fingerprint density at radius 3 is 2.94 bits per heavy atom. The number of likely N-dealkylation sites (tertiary alicyclic amines) is 1. The summed E-state index contributed by atoms with van der Waals surface area (Å²) in [6.07, 6.45) is 3.80. The van der Waals surface area contributed by atoms with Gasteiger partial charge in [0.2, 0.25) is 11.8 Å². The van der Waals surface area contributed by atoms with E-state index < -0.39 is 5.38 Å². The van der Waals surface area contributed by atoms with Crippen LogP contribution in [0.2, 0.25) is 0 Å². The molecular formula is C11H19ClN2O2. The van der Waals surface area contributed by atoms with E-state index in [0.29, 0.717) is 19.5 Å². The highest BCUT2D eigenvalue weighted by atomic mass is 35.5. The van der Waals surface area contributed by atoms with E-state index in [0.717, 1.165) is 25.8 Å². The van der Waals surface area contributed by atoms with Crippen molar-refractivity contribution in [2.45, 2.75) is 38.0 Å². The topological polar surface area (TPSA) is 49.4 Å². The number of alkyl halides is 1. The van der Waals surface area contributed by atoms with Crippen molar-refractivity contribution in [2.75, 3.05) is 19.6 Å². The predicted octanol–water partition coefficient (Wildman–Crippen LogP) is 1.13. The molecule has 0 radical (unpaired) electrons. The number of hydrogen-bond acceptors (Lipinski definition) is 2. The van der Waals surface area contributed by atoms with E-state index in [-0.39, 0.29) is 11.8 Å². The maximum atomic E-state index is 11.6. The Bertz CT molecular complexity index is 256. The first kappa shape index (κ1) is 13.3. The van der Waals surface area contributed by atoms with Crippen LogP contribution in [0.5, 0.6) is 0 Å². The van der Waals surface area contributed by atoms with Crippen LogP contribution in [-0.2, 0) is 9.59 Å². The van der Waals surface area contributed by atoms with Crippen molar-refractivity contribution < 1.29 is 9.59 Å². The summed E-state index contributed by atoms with van der Waals surface area (Å²) in [5, 5.41) is 2.19. The van der Waals surface area contributed by atoms with Gasteiger partial charge in [-0.1, -0.05) is 6.42 Å². The minimum Gasteiger partial charge on any atom is -0.353 e. The average Bonchev–Trinajstić information content (AvgIpc) is 2.44. The summed E-state index contributed by atoms with van der Waals surface area (Å²) in [4.78, 5) is 24.6. The van der Waals surface area contributed by atoms with Crippen LogP contribution in [0.15, 0.2) is 0 Å². The van der Waals surface area contributed by atoms with E-state index in [4.69, 9.17) is 11.6 Å². The lowest BCUT2D eigenvalue weighted by Crippen LogP contribution is -2.39.